The van der Waals surface area contributed by atoms with Crippen LogP contribution >= 0.6 is 0 Å². The third kappa shape index (κ3) is 7.96. The lowest BCUT2D eigenvalue weighted by Crippen LogP contribution is -2.30. The summed E-state index contributed by atoms with van der Waals surface area (Å²) < 4.78 is 119. The Morgan fingerprint density at radius 3 is 1.96 bits per heavy atom. The van der Waals surface area contributed by atoms with Gasteiger partial charge in [0.25, 0.3) is 0 Å². The molecule has 1 aliphatic carbocycles. The van der Waals surface area contributed by atoms with Crippen molar-refractivity contribution in [1.82, 2.24) is 0 Å². The van der Waals surface area contributed by atoms with Crippen molar-refractivity contribution in [1.29, 1.82) is 0 Å². The molecule has 2 nitrogen and oxygen atoms in total. The fourth-order valence-corrected chi connectivity index (χ4v) is 5.66. The van der Waals surface area contributed by atoms with Crippen molar-refractivity contribution in [3.63, 3.8) is 0 Å². The minimum Gasteiger partial charge on any atom is -0.403 e. The van der Waals surface area contributed by atoms with Crippen molar-refractivity contribution < 1.29 is 44.6 Å². The maximum absolute atomic E-state index is 15.0. The van der Waals surface area contributed by atoms with Crippen LogP contribution in [-0.4, -0.2) is 12.5 Å². The first kappa shape index (κ1) is 33.2. The standard InChI is InChI=1S/C36H30F8O2/c1-2-3-4-22-5-17-30(32(38)19-22)35(40,41)45-28-14-10-24(11-15-28)23-6-8-25(9-7-23)26-12-16-29(31(37)20-26)27-13-18-34(33(39)21-27)46-36(42,43)44/h3-9,12-13,16-21,24,28H,2,10-11,14-15H2,1H3/b4-3+. The normalized spacial score (nSPS) is 17.4. The fourth-order valence-electron chi connectivity index (χ4n) is 5.66. The van der Waals surface area contributed by atoms with Gasteiger partial charge in [-0.05, 0) is 96.2 Å². The summed E-state index contributed by atoms with van der Waals surface area (Å²) in [5, 5.41) is 0. The van der Waals surface area contributed by atoms with Gasteiger partial charge in [0.1, 0.15) is 11.6 Å². The second-order valence-corrected chi connectivity index (χ2v) is 11.2. The molecular weight excluding hydrogens is 616 g/mol. The number of ether oxygens (including phenoxy) is 2. The van der Waals surface area contributed by atoms with Gasteiger partial charge in [-0.3, -0.25) is 0 Å². The summed E-state index contributed by atoms with van der Waals surface area (Å²) in [4.78, 5) is 0. The van der Waals surface area contributed by atoms with Crippen LogP contribution in [0, 0.1) is 17.5 Å². The molecule has 46 heavy (non-hydrogen) atoms. The van der Waals surface area contributed by atoms with Crippen LogP contribution in [0.25, 0.3) is 28.3 Å². The highest BCUT2D eigenvalue weighted by molar-refractivity contribution is 5.71. The van der Waals surface area contributed by atoms with Crippen molar-refractivity contribution >= 4 is 6.08 Å². The van der Waals surface area contributed by atoms with Crippen LogP contribution in [-0.2, 0) is 10.8 Å². The van der Waals surface area contributed by atoms with Crippen LogP contribution < -0.4 is 4.74 Å². The fraction of sp³-hybridized carbons (Fsp3) is 0.278. The zero-order valence-corrected chi connectivity index (χ0v) is 24.7. The van der Waals surface area contributed by atoms with Gasteiger partial charge in [-0.15, -0.1) is 13.2 Å². The van der Waals surface area contributed by atoms with Crippen molar-refractivity contribution in [2.75, 3.05) is 0 Å². The first-order chi connectivity index (χ1) is 21.8. The van der Waals surface area contributed by atoms with Gasteiger partial charge < -0.3 is 9.47 Å². The monoisotopic (exact) mass is 646 g/mol. The smallest absolute Gasteiger partial charge is 0.403 e. The highest BCUT2D eigenvalue weighted by Gasteiger charge is 2.40. The van der Waals surface area contributed by atoms with Gasteiger partial charge in [-0.25, -0.2) is 13.2 Å². The SMILES string of the molecule is CC/C=C/c1ccc(C(F)(F)OC2CCC(c3ccc(-c4ccc(-c5ccc(OC(F)(F)F)c(F)c5)c(F)c4)cc3)CC2)c(F)c1. The van der Waals surface area contributed by atoms with E-state index in [4.69, 9.17) is 4.74 Å². The Kier molecular flexibility index (Phi) is 9.86. The second-order valence-electron chi connectivity index (χ2n) is 11.2. The second kappa shape index (κ2) is 13.7. The van der Waals surface area contributed by atoms with Gasteiger partial charge >= 0.3 is 12.5 Å². The van der Waals surface area contributed by atoms with E-state index in [9.17, 15) is 30.7 Å². The van der Waals surface area contributed by atoms with Crippen LogP contribution in [0.2, 0.25) is 0 Å². The number of rotatable bonds is 9. The topological polar surface area (TPSA) is 18.5 Å². The molecular formula is C36H30F8O2. The molecule has 0 aliphatic heterocycles. The van der Waals surface area contributed by atoms with E-state index < -0.39 is 47.3 Å². The van der Waals surface area contributed by atoms with Crippen LogP contribution in [0.4, 0.5) is 35.1 Å². The maximum Gasteiger partial charge on any atom is 0.573 e. The number of hydrogen-bond acceptors (Lipinski definition) is 2. The molecule has 0 saturated heterocycles. The van der Waals surface area contributed by atoms with Gasteiger partial charge in [-0.1, -0.05) is 67.6 Å². The van der Waals surface area contributed by atoms with E-state index in [1.54, 1.807) is 12.1 Å². The van der Waals surface area contributed by atoms with Crippen molar-refractivity contribution in [3.05, 3.63) is 119 Å². The minimum atomic E-state index is -5.06. The van der Waals surface area contributed by atoms with E-state index in [0.29, 0.717) is 42.4 Å². The third-order valence-corrected chi connectivity index (χ3v) is 7.99. The zero-order chi connectivity index (χ0) is 33.1. The molecule has 4 aromatic rings. The molecule has 0 atom stereocenters. The Balaban J connectivity index is 1.19. The predicted molar refractivity (Wildman–Crippen MR) is 160 cm³/mol. The summed E-state index contributed by atoms with van der Waals surface area (Å²) in [6.45, 7) is 1.92. The molecule has 1 saturated carbocycles. The van der Waals surface area contributed by atoms with Crippen LogP contribution in [0.5, 0.6) is 5.75 Å². The molecule has 1 aliphatic rings. The molecule has 0 heterocycles. The summed E-state index contributed by atoms with van der Waals surface area (Å²) in [7, 11) is 0. The van der Waals surface area contributed by atoms with Gasteiger partial charge in [0.2, 0.25) is 0 Å². The van der Waals surface area contributed by atoms with E-state index in [2.05, 4.69) is 4.74 Å². The Hall–Kier alpha value is -4.18. The first-order valence-electron chi connectivity index (χ1n) is 14.8. The van der Waals surface area contributed by atoms with Gasteiger partial charge in [-0.2, -0.15) is 8.78 Å². The number of alkyl halides is 5. The lowest BCUT2D eigenvalue weighted by molar-refractivity contribution is -0.278. The first-order valence-corrected chi connectivity index (χ1v) is 14.8. The third-order valence-electron chi connectivity index (χ3n) is 7.99. The maximum atomic E-state index is 15.0. The van der Waals surface area contributed by atoms with Gasteiger partial charge in [0.05, 0.1) is 11.7 Å². The molecule has 0 aromatic heterocycles. The zero-order valence-electron chi connectivity index (χ0n) is 24.7. The Labute approximate surface area is 261 Å². The number of allylic oxidation sites excluding steroid dienone is 1. The number of halogens is 8. The Morgan fingerprint density at radius 2 is 1.35 bits per heavy atom. The summed E-state index contributed by atoms with van der Waals surface area (Å²) in [6, 6.07) is 18.0. The summed E-state index contributed by atoms with van der Waals surface area (Å²) in [6.07, 6.45) is -3.40. The lowest BCUT2D eigenvalue weighted by Gasteiger charge is -2.31. The highest BCUT2D eigenvalue weighted by atomic mass is 19.4. The average Bonchev–Trinajstić information content (AvgIpc) is 3.00. The lowest BCUT2D eigenvalue weighted by atomic mass is 9.82. The van der Waals surface area contributed by atoms with Gasteiger partial charge in [0.15, 0.2) is 11.6 Å². The molecule has 0 spiro atoms. The Morgan fingerprint density at radius 1 is 0.696 bits per heavy atom. The van der Waals surface area contributed by atoms with Crippen molar-refractivity contribution in [2.24, 2.45) is 0 Å². The van der Waals surface area contributed by atoms with Gasteiger partial charge in [0, 0.05) is 5.56 Å². The molecule has 0 N–H and O–H groups in total. The van der Waals surface area contributed by atoms with E-state index in [0.717, 1.165) is 42.3 Å². The molecule has 10 heteroatoms. The quantitative estimate of drug-likeness (QED) is 0.169. The molecule has 242 valence electrons. The number of benzene rings is 4. The van der Waals surface area contributed by atoms with Crippen molar-refractivity contribution in [3.8, 4) is 28.0 Å². The van der Waals surface area contributed by atoms with Crippen molar-refractivity contribution in [2.45, 2.75) is 63.5 Å². The molecule has 0 unspecified atom stereocenters. The molecule has 0 bridgehead atoms. The molecule has 5 rings (SSSR count). The van der Waals surface area contributed by atoms with E-state index >= 15 is 4.39 Å². The summed E-state index contributed by atoms with van der Waals surface area (Å²) >= 11 is 0. The van der Waals surface area contributed by atoms with Crippen LogP contribution in [0.15, 0.2) is 84.9 Å². The van der Waals surface area contributed by atoms with E-state index in [1.165, 1.54) is 18.2 Å². The largest absolute Gasteiger partial charge is 0.573 e. The van der Waals surface area contributed by atoms with E-state index in [1.807, 2.05) is 37.3 Å². The Bertz CT molecular complexity index is 1690. The summed E-state index contributed by atoms with van der Waals surface area (Å²) in [5.74, 6) is -3.90. The minimum absolute atomic E-state index is 0.00580. The highest BCUT2D eigenvalue weighted by Crippen LogP contribution is 2.40. The predicted octanol–water partition coefficient (Wildman–Crippen LogP) is 11.6. The molecule has 4 aromatic carbocycles. The molecule has 0 amide bonds. The van der Waals surface area contributed by atoms with E-state index in [-0.39, 0.29) is 17.0 Å². The molecule has 1 fully saturated rings. The number of hydrogen-bond donors (Lipinski definition) is 0. The summed E-state index contributed by atoms with van der Waals surface area (Å²) in [5.41, 5.74) is 1.98. The van der Waals surface area contributed by atoms with Crippen LogP contribution in [0.3, 0.4) is 0 Å². The van der Waals surface area contributed by atoms with Crippen LogP contribution in [0.1, 0.15) is 61.6 Å². The molecule has 0 radical (unpaired) electrons. The average molecular weight is 647 g/mol.